The molecule has 24 heavy (non-hydrogen) atoms. The number of aromatic nitrogens is 1. The van der Waals surface area contributed by atoms with Crippen LogP contribution >= 0.6 is 0 Å². The van der Waals surface area contributed by atoms with Gasteiger partial charge >= 0.3 is 0 Å². The highest BCUT2D eigenvalue weighted by Crippen LogP contribution is 2.20. The molecule has 0 radical (unpaired) electrons. The van der Waals surface area contributed by atoms with Gasteiger partial charge in [0, 0.05) is 18.8 Å². The second-order valence-corrected chi connectivity index (χ2v) is 5.68. The minimum atomic E-state index is -0.477. The number of carbonyl (C=O) groups is 1. The fraction of sp³-hybridized carbons (Fsp3) is 0.333. The first-order valence-electron chi connectivity index (χ1n) is 7.90. The predicted octanol–water partition coefficient (Wildman–Crippen LogP) is 1.72. The first-order valence-corrected chi connectivity index (χ1v) is 7.90. The van der Waals surface area contributed by atoms with Gasteiger partial charge in [-0.2, -0.15) is 0 Å². The largest absolute Gasteiger partial charge is 0.491 e. The molecule has 3 rings (SSSR count). The number of hydrogen-bond acceptors (Lipinski definition) is 4. The zero-order valence-corrected chi connectivity index (χ0v) is 13.2. The topological polar surface area (TPSA) is 62.7 Å². The maximum atomic E-state index is 14.1. The van der Waals surface area contributed by atoms with E-state index in [1.54, 1.807) is 23.2 Å². The van der Waals surface area contributed by atoms with Gasteiger partial charge in [-0.05, 0) is 29.7 Å². The lowest BCUT2D eigenvalue weighted by Gasteiger charge is -2.28. The van der Waals surface area contributed by atoms with Gasteiger partial charge in [0.25, 0.3) is 0 Å². The van der Waals surface area contributed by atoms with Crippen LogP contribution in [0, 0.1) is 5.82 Å². The summed E-state index contributed by atoms with van der Waals surface area (Å²) >= 11 is 0. The molecule has 0 unspecified atom stereocenters. The first kappa shape index (κ1) is 16.4. The highest BCUT2D eigenvalue weighted by Gasteiger charge is 2.22. The van der Waals surface area contributed by atoms with Crippen molar-refractivity contribution in [1.29, 1.82) is 0 Å². The normalized spacial score (nSPS) is 13.5. The Labute approximate surface area is 139 Å². The monoisotopic (exact) mass is 330 g/mol. The molecule has 1 aliphatic heterocycles. The fourth-order valence-electron chi connectivity index (χ4n) is 2.77. The highest BCUT2D eigenvalue weighted by atomic mass is 19.1. The Morgan fingerprint density at radius 2 is 2.25 bits per heavy atom. The number of carbonyl (C=O) groups excluding carboxylic acids is 1. The summed E-state index contributed by atoms with van der Waals surface area (Å²) in [5, 5.41) is 8.71. The van der Waals surface area contributed by atoms with E-state index in [0.717, 1.165) is 17.7 Å². The standard InChI is InChI=1S/C18H19FN2O3/c19-16-11-15(24-9-8-22)4-3-14(16)10-18(23)21-7-5-13-2-1-6-20-17(13)12-21/h1-4,6,11,22H,5,7-10,12H2. The van der Waals surface area contributed by atoms with E-state index in [4.69, 9.17) is 9.84 Å². The first-order chi connectivity index (χ1) is 11.7. The summed E-state index contributed by atoms with van der Waals surface area (Å²) in [7, 11) is 0. The Morgan fingerprint density at radius 3 is 3.04 bits per heavy atom. The van der Waals surface area contributed by atoms with Gasteiger partial charge in [0.05, 0.1) is 25.3 Å². The van der Waals surface area contributed by atoms with Crippen LogP contribution in [0.1, 0.15) is 16.8 Å². The molecule has 1 amide bonds. The van der Waals surface area contributed by atoms with Crippen molar-refractivity contribution >= 4 is 5.91 Å². The van der Waals surface area contributed by atoms with Crippen molar-refractivity contribution in [3.8, 4) is 5.75 Å². The van der Waals surface area contributed by atoms with E-state index in [-0.39, 0.29) is 25.5 Å². The highest BCUT2D eigenvalue weighted by molar-refractivity contribution is 5.79. The van der Waals surface area contributed by atoms with Crippen molar-refractivity contribution < 1.29 is 19.0 Å². The van der Waals surface area contributed by atoms with E-state index < -0.39 is 5.82 Å². The zero-order chi connectivity index (χ0) is 16.9. The molecule has 6 heteroatoms. The molecule has 0 bridgehead atoms. The van der Waals surface area contributed by atoms with Crippen molar-refractivity contribution in [2.75, 3.05) is 19.8 Å². The summed E-state index contributed by atoms with van der Waals surface area (Å²) in [6.45, 7) is 1.06. The number of benzene rings is 1. The lowest BCUT2D eigenvalue weighted by atomic mass is 10.0. The van der Waals surface area contributed by atoms with Crippen LogP contribution in [0.2, 0.25) is 0 Å². The van der Waals surface area contributed by atoms with Crippen molar-refractivity contribution in [1.82, 2.24) is 9.88 Å². The van der Waals surface area contributed by atoms with E-state index in [2.05, 4.69) is 4.98 Å². The quantitative estimate of drug-likeness (QED) is 0.907. The minimum Gasteiger partial charge on any atom is -0.491 e. The number of ether oxygens (including phenoxy) is 1. The Bertz CT molecular complexity index is 736. The van der Waals surface area contributed by atoms with Crippen LogP contribution in [-0.4, -0.2) is 40.7 Å². The summed E-state index contributed by atoms with van der Waals surface area (Å²) in [6.07, 6.45) is 2.50. The van der Waals surface area contributed by atoms with Gasteiger partial charge in [-0.25, -0.2) is 4.39 Å². The number of pyridine rings is 1. The Hall–Kier alpha value is -2.47. The van der Waals surface area contributed by atoms with Gasteiger partial charge < -0.3 is 14.7 Å². The average molecular weight is 330 g/mol. The molecule has 0 atom stereocenters. The van der Waals surface area contributed by atoms with Crippen LogP contribution < -0.4 is 4.74 Å². The van der Waals surface area contributed by atoms with Gasteiger partial charge in [0.15, 0.2) is 0 Å². The molecular formula is C18H19FN2O3. The smallest absolute Gasteiger partial charge is 0.227 e. The molecular weight excluding hydrogens is 311 g/mol. The van der Waals surface area contributed by atoms with Crippen LogP contribution in [0.15, 0.2) is 36.5 Å². The van der Waals surface area contributed by atoms with Crippen molar-refractivity contribution in [2.45, 2.75) is 19.4 Å². The molecule has 2 aromatic rings. The third kappa shape index (κ3) is 3.71. The summed E-state index contributed by atoms with van der Waals surface area (Å²) in [5.74, 6) is -0.252. The van der Waals surface area contributed by atoms with E-state index in [9.17, 15) is 9.18 Å². The van der Waals surface area contributed by atoms with E-state index in [1.807, 2.05) is 12.1 Å². The van der Waals surface area contributed by atoms with Crippen LogP contribution in [0.4, 0.5) is 4.39 Å². The Kier molecular flexibility index (Phi) is 5.05. The number of halogens is 1. The van der Waals surface area contributed by atoms with Gasteiger partial charge in [-0.1, -0.05) is 12.1 Å². The zero-order valence-electron chi connectivity index (χ0n) is 13.2. The molecule has 1 aromatic carbocycles. The van der Waals surface area contributed by atoms with Gasteiger partial charge in [0.1, 0.15) is 18.2 Å². The van der Waals surface area contributed by atoms with E-state index >= 15 is 0 Å². The third-order valence-electron chi connectivity index (χ3n) is 4.06. The van der Waals surface area contributed by atoms with Crippen LogP contribution in [0.3, 0.4) is 0 Å². The Balaban J connectivity index is 1.65. The Morgan fingerprint density at radius 1 is 1.38 bits per heavy atom. The number of amides is 1. The van der Waals surface area contributed by atoms with E-state index in [1.165, 1.54) is 6.07 Å². The molecule has 0 fully saturated rings. The fourth-order valence-corrected chi connectivity index (χ4v) is 2.77. The molecule has 0 saturated carbocycles. The van der Waals surface area contributed by atoms with Crippen molar-refractivity contribution in [3.63, 3.8) is 0 Å². The second-order valence-electron chi connectivity index (χ2n) is 5.68. The predicted molar refractivity (Wildman–Crippen MR) is 86.0 cm³/mol. The summed E-state index contributed by atoms with van der Waals surface area (Å²) in [6, 6.07) is 8.32. The number of nitrogens with zero attached hydrogens (tertiary/aromatic N) is 2. The number of rotatable bonds is 5. The van der Waals surface area contributed by atoms with Crippen LogP contribution in [0.5, 0.6) is 5.75 Å². The maximum absolute atomic E-state index is 14.1. The number of aliphatic hydroxyl groups is 1. The van der Waals surface area contributed by atoms with Gasteiger partial charge in [0.2, 0.25) is 5.91 Å². The lowest BCUT2D eigenvalue weighted by Crippen LogP contribution is -2.37. The summed E-state index contributed by atoms with van der Waals surface area (Å²) in [5.41, 5.74) is 2.41. The van der Waals surface area contributed by atoms with Crippen LogP contribution in [0.25, 0.3) is 0 Å². The van der Waals surface area contributed by atoms with Gasteiger partial charge in [-0.15, -0.1) is 0 Å². The molecule has 1 aliphatic rings. The SMILES string of the molecule is O=C(Cc1ccc(OCCO)cc1F)N1CCc2cccnc2C1. The number of fused-ring (bicyclic) bond motifs is 1. The maximum Gasteiger partial charge on any atom is 0.227 e. The van der Waals surface area contributed by atoms with Gasteiger partial charge in [-0.3, -0.25) is 9.78 Å². The molecule has 2 heterocycles. The summed E-state index contributed by atoms with van der Waals surface area (Å²) in [4.78, 5) is 18.5. The molecule has 5 nitrogen and oxygen atoms in total. The number of hydrogen-bond donors (Lipinski definition) is 1. The molecule has 0 aliphatic carbocycles. The van der Waals surface area contributed by atoms with E-state index in [0.29, 0.717) is 24.4 Å². The average Bonchev–Trinajstić information content (AvgIpc) is 2.61. The van der Waals surface area contributed by atoms with Crippen molar-refractivity contribution in [3.05, 3.63) is 59.2 Å². The second kappa shape index (κ2) is 7.40. The summed E-state index contributed by atoms with van der Waals surface area (Å²) < 4.78 is 19.3. The molecule has 1 N–H and O–H groups in total. The molecule has 0 spiro atoms. The number of aliphatic hydroxyl groups excluding tert-OH is 1. The van der Waals surface area contributed by atoms with Crippen molar-refractivity contribution in [2.24, 2.45) is 0 Å². The third-order valence-corrected chi connectivity index (χ3v) is 4.06. The minimum absolute atomic E-state index is 0.00821. The molecule has 126 valence electrons. The molecule has 0 saturated heterocycles. The molecule has 1 aromatic heterocycles. The van der Waals surface area contributed by atoms with Crippen LogP contribution in [-0.2, 0) is 24.2 Å². The lowest BCUT2D eigenvalue weighted by molar-refractivity contribution is -0.131.